The summed E-state index contributed by atoms with van der Waals surface area (Å²) >= 11 is 1.21. The first kappa shape index (κ1) is 13.4. The Hall–Kier alpha value is -1.06. The zero-order valence-corrected chi connectivity index (χ0v) is 10.2. The Labute approximate surface area is 107 Å². The van der Waals surface area contributed by atoms with Gasteiger partial charge in [-0.3, -0.25) is 4.79 Å². The Kier molecular flexibility index (Phi) is 3.93. The molecule has 8 heteroatoms. The average molecular weight is 274 g/mol. The SMILES string of the molecule is NC(=O)Cc1csc([C@@H]2O[C@H](CO)[C@@H](O)[C@H]2O)n1. The van der Waals surface area contributed by atoms with E-state index < -0.39 is 30.3 Å². The van der Waals surface area contributed by atoms with E-state index in [1.54, 1.807) is 5.38 Å². The first-order valence-corrected chi connectivity index (χ1v) is 6.26. The molecular formula is C10H14N2O5S. The topological polar surface area (TPSA) is 126 Å². The normalized spacial score (nSPS) is 31.7. The van der Waals surface area contributed by atoms with Gasteiger partial charge < -0.3 is 25.8 Å². The van der Waals surface area contributed by atoms with Crippen molar-refractivity contribution in [2.24, 2.45) is 5.73 Å². The van der Waals surface area contributed by atoms with Crippen LogP contribution in [0.25, 0.3) is 0 Å². The van der Waals surface area contributed by atoms with Crippen molar-refractivity contribution in [1.82, 2.24) is 4.98 Å². The molecule has 0 aliphatic carbocycles. The fourth-order valence-electron chi connectivity index (χ4n) is 1.82. The van der Waals surface area contributed by atoms with Crippen LogP contribution in [0.4, 0.5) is 0 Å². The summed E-state index contributed by atoms with van der Waals surface area (Å²) in [6, 6.07) is 0. The number of aromatic nitrogens is 1. The maximum Gasteiger partial charge on any atom is 0.223 e. The third kappa shape index (κ3) is 2.52. The highest BCUT2D eigenvalue weighted by atomic mass is 32.1. The van der Waals surface area contributed by atoms with Gasteiger partial charge in [0.2, 0.25) is 5.91 Å². The highest BCUT2D eigenvalue weighted by molar-refractivity contribution is 7.09. The lowest BCUT2D eigenvalue weighted by molar-refractivity contribution is -0.117. The second-order valence-electron chi connectivity index (χ2n) is 4.08. The lowest BCUT2D eigenvalue weighted by Gasteiger charge is -2.11. The van der Waals surface area contributed by atoms with Crippen LogP contribution in [0.15, 0.2) is 5.38 Å². The summed E-state index contributed by atoms with van der Waals surface area (Å²) in [5, 5.41) is 30.5. The Bertz CT molecular complexity index is 438. The number of carbonyl (C=O) groups excluding carboxylic acids is 1. The van der Waals surface area contributed by atoms with Gasteiger partial charge in [0.25, 0.3) is 0 Å². The molecule has 2 rings (SSSR count). The molecule has 7 nitrogen and oxygen atoms in total. The number of hydrogen-bond acceptors (Lipinski definition) is 7. The molecule has 1 aromatic rings. The summed E-state index contributed by atoms with van der Waals surface area (Å²) in [5.74, 6) is -0.493. The lowest BCUT2D eigenvalue weighted by atomic mass is 10.1. The van der Waals surface area contributed by atoms with Crippen LogP contribution in [-0.2, 0) is 16.0 Å². The summed E-state index contributed by atoms with van der Waals surface area (Å²) in [5.41, 5.74) is 5.55. The van der Waals surface area contributed by atoms with E-state index in [1.807, 2.05) is 0 Å². The van der Waals surface area contributed by atoms with Crippen molar-refractivity contribution in [2.75, 3.05) is 6.61 Å². The van der Waals surface area contributed by atoms with Gasteiger partial charge >= 0.3 is 0 Å². The number of aliphatic hydroxyl groups is 3. The molecule has 0 unspecified atom stereocenters. The van der Waals surface area contributed by atoms with Crippen molar-refractivity contribution < 1.29 is 24.9 Å². The van der Waals surface area contributed by atoms with Crippen molar-refractivity contribution in [1.29, 1.82) is 0 Å². The van der Waals surface area contributed by atoms with Gasteiger partial charge in [-0.25, -0.2) is 4.98 Å². The molecule has 1 amide bonds. The second kappa shape index (κ2) is 5.29. The maximum absolute atomic E-state index is 10.7. The van der Waals surface area contributed by atoms with Crippen LogP contribution in [-0.4, -0.2) is 51.1 Å². The molecule has 0 radical (unpaired) electrons. The number of carbonyl (C=O) groups is 1. The number of thiazole rings is 1. The Morgan fingerprint density at radius 1 is 1.50 bits per heavy atom. The van der Waals surface area contributed by atoms with Gasteiger partial charge in [-0.2, -0.15) is 0 Å². The van der Waals surface area contributed by atoms with Gasteiger partial charge in [0.05, 0.1) is 18.7 Å². The number of primary amides is 1. The standard InChI is InChI=1S/C10H14N2O5S/c11-6(14)1-4-3-18-10(12-4)9-8(16)7(15)5(2-13)17-9/h3,5,7-9,13,15-16H,1-2H2,(H2,11,14)/t5-,7-,8-,9-/m1/s1. The van der Waals surface area contributed by atoms with E-state index in [1.165, 1.54) is 11.3 Å². The summed E-state index contributed by atoms with van der Waals surface area (Å²) < 4.78 is 5.32. The Balaban J connectivity index is 2.12. The fourth-order valence-corrected chi connectivity index (χ4v) is 2.71. The minimum absolute atomic E-state index is 0.0191. The van der Waals surface area contributed by atoms with Crippen LogP contribution < -0.4 is 5.73 Å². The summed E-state index contributed by atoms with van der Waals surface area (Å²) in [4.78, 5) is 14.9. The van der Waals surface area contributed by atoms with Crippen LogP contribution in [0, 0.1) is 0 Å². The monoisotopic (exact) mass is 274 g/mol. The molecular weight excluding hydrogens is 260 g/mol. The third-order valence-electron chi connectivity index (χ3n) is 2.71. The first-order chi connectivity index (χ1) is 8.52. The third-order valence-corrected chi connectivity index (χ3v) is 3.67. The van der Waals surface area contributed by atoms with Crippen molar-refractivity contribution in [3.05, 3.63) is 16.1 Å². The van der Waals surface area contributed by atoms with Gasteiger partial charge in [0.1, 0.15) is 29.4 Å². The lowest BCUT2D eigenvalue weighted by Crippen LogP contribution is -2.32. The maximum atomic E-state index is 10.7. The second-order valence-corrected chi connectivity index (χ2v) is 4.97. The zero-order chi connectivity index (χ0) is 13.3. The predicted octanol–water partition coefficient (Wildman–Crippen LogP) is -1.68. The number of rotatable bonds is 4. The van der Waals surface area contributed by atoms with Crippen LogP contribution in [0.5, 0.6) is 0 Å². The van der Waals surface area contributed by atoms with Crippen molar-refractivity contribution in [3.63, 3.8) is 0 Å². The molecule has 5 N–H and O–H groups in total. The Morgan fingerprint density at radius 3 is 2.78 bits per heavy atom. The number of nitrogens with two attached hydrogens (primary N) is 1. The average Bonchev–Trinajstić information content (AvgIpc) is 2.86. The van der Waals surface area contributed by atoms with E-state index in [0.717, 1.165) is 0 Å². The van der Waals surface area contributed by atoms with Gasteiger partial charge in [-0.1, -0.05) is 0 Å². The van der Waals surface area contributed by atoms with Crippen LogP contribution >= 0.6 is 11.3 Å². The molecule has 0 aromatic carbocycles. The summed E-state index contributed by atoms with van der Waals surface area (Å²) in [6.45, 7) is -0.381. The van der Waals surface area contributed by atoms with Crippen LogP contribution in [0.1, 0.15) is 16.8 Å². The van der Waals surface area contributed by atoms with Gasteiger partial charge in [0.15, 0.2) is 0 Å². The van der Waals surface area contributed by atoms with E-state index in [9.17, 15) is 15.0 Å². The molecule has 1 aliphatic heterocycles. The van der Waals surface area contributed by atoms with Crippen LogP contribution in [0.2, 0.25) is 0 Å². The quantitative estimate of drug-likeness (QED) is 0.520. The molecule has 0 saturated carbocycles. The van der Waals surface area contributed by atoms with E-state index >= 15 is 0 Å². The molecule has 1 fully saturated rings. The number of ether oxygens (including phenoxy) is 1. The molecule has 100 valence electrons. The van der Waals surface area contributed by atoms with Gasteiger partial charge in [-0.15, -0.1) is 11.3 Å². The highest BCUT2D eigenvalue weighted by Crippen LogP contribution is 2.34. The highest BCUT2D eigenvalue weighted by Gasteiger charge is 2.44. The van der Waals surface area contributed by atoms with Crippen molar-refractivity contribution in [3.8, 4) is 0 Å². The summed E-state index contributed by atoms with van der Waals surface area (Å²) in [6.07, 6.45) is -3.89. The van der Waals surface area contributed by atoms with E-state index in [-0.39, 0.29) is 13.0 Å². The minimum atomic E-state index is -1.15. The predicted molar refractivity (Wildman–Crippen MR) is 61.7 cm³/mol. The van der Waals surface area contributed by atoms with E-state index in [0.29, 0.717) is 10.7 Å². The van der Waals surface area contributed by atoms with Gasteiger partial charge in [0, 0.05) is 5.38 Å². The molecule has 0 spiro atoms. The number of hydrogen-bond donors (Lipinski definition) is 4. The number of amides is 1. The molecule has 0 bridgehead atoms. The minimum Gasteiger partial charge on any atom is -0.394 e. The number of nitrogens with zero attached hydrogens (tertiary/aromatic N) is 1. The van der Waals surface area contributed by atoms with Gasteiger partial charge in [-0.05, 0) is 0 Å². The van der Waals surface area contributed by atoms with Crippen molar-refractivity contribution >= 4 is 17.2 Å². The van der Waals surface area contributed by atoms with Crippen LogP contribution in [0.3, 0.4) is 0 Å². The Morgan fingerprint density at radius 2 is 2.22 bits per heavy atom. The van der Waals surface area contributed by atoms with E-state index in [4.69, 9.17) is 15.6 Å². The summed E-state index contributed by atoms with van der Waals surface area (Å²) in [7, 11) is 0. The molecule has 1 aliphatic rings. The molecule has 18 heavy (non-hydrogen) atoms. The molecule has 2 heterocycles. The fraction of sp³-hybridized carbons (Fsp3) is 0.600. The first-order valence-electron chi connectivity index (χ1n) is 5.38. The smallest absolute Gasteiger partial charge is 0.223 e. The van der Waals surface area contributed by atoms with Crippen molar-refractivity contribution in [2.45, 2.75) is 30.8 Å². The van der Waals surface area contributed by atoms with E-state index in [2.05, 4.69) is 4.98 Å². The molecule has 1 aromatic heterocycles. The largest absolute Gasteiger partial charge is 0.394 e. The number of aliphatic hydroxyl groups excluding tert-OH is 3. The molecule has 1 saturated heterocycles. The molecule has 4 atom stereocenters. The zero-order valence-electron chi connectivity index (χ0n) is 9.39.